The van der Waals surface area contributed by atoms with E-state index >= 15 is 0 Å². The number of carbonyl (C=O) groups excluding carboxylic acids is 1. The Kier molecular flexibility index (Phi) is 8.10. The van der Waals surface area contributed by atoms with Gasteiger partial charge < -0.3 is 5.32 Å². The number of para-hydroxylation sites is 2. The lowest BCUT2D eigenvalue weighted by molar-refractivity contribution is -0.115. The molecule has 0 aliphatic carbocycles. The molecular weight excluding hydrogens is 420 g/mol. The highest BCUT2D eigenvalue weighted by molar-refractivity contribution is 8.00. The van der Waals surface area contributed by atoms with E-state index in [-0.39, 0.29) is 11.5 Å². The first kappa shape index (κ1) is 24.0. The van der Waals surface area contributed by atoms with Crippen LogP contribution in [0.4, 0.5) is 5.69 Å². The fourth-order valence-electron chi connectivity index (χ4n) is 3.74. The van der Waals surface area contributed by atoms with Gasteiger partial charge in [-0.25, -0.2) is 4.98 Å². The number of fused-ring (bicyclic) bond motifs is 1. The van der Waals surface area contributed by atoms with E-state index in [0.717, 1.165) is 12.2 Å². The Hall–Kier alpha value is -2.64. The second kappa shape index (κ2) is 10.8. The molecule has 0 unspecified atom stereocenters. The number of carbonyl (C=O) groups is 1. The zero-order chi connectivity index (χ0) is 23.3. The van der Waals surface area contributed by atoms with Crippen molar-refractivity contribution < 1.29 is 4.79 Å². The van der Waals surface area contributed by atoms with Gasteiger partial charge in [0, 0.05) is 30.9 Å². The van der Waals surface area contributed by atoms with Crippen molar-refractivity contribution in [3.05, 3.63) is 65.0 Å². The largest absolute Gasteiger partial charge is 0.325 e. The fraction of sp³-hybridized carbons (Fsp3) is 0.400. The molecule has 1 heterocycles. The predicted molar refractivity (Wildman–Crippen MR) is 133 cm³/mol. The summed E-state index contributed by atoms with van der Waals surface area (Å²) in [5.74, 6) is -0.124. The standard InChI is InChI=1S/C25H32N4O2S/c1-17(2)28(18(3)4)15-16-29-24(31)21-13-9-10-14-22(21)27-25(29)32-19(5)23(30)26-20-11-7-6-8-12-20/h6-14,17-19H,15-16H2,1-5H3,(H,26,30)/t19-/m1/s1. The molecule has 0 aliphatic rings. The molecule has 0 saturated heterocycles. The van der Waals surface area contributed by atoms with Crippen LogP contribution in [-0.2, 0) is 11.3 Å². The van der Waals surface area contributed by atoms with Crippen LogP contribution in [0.15, 0.2) is 64.5 Å². The molecule has 0 saturated carbocycles. The third-order valence-electron chi connectivity index (χ3n) is 5.43. The Morgan fingerprint density at radius 1 is 1.00 bits per heavy atom. The summed E-state index contributed by atoms with van der Waals surface area (Å²) in [5, 5.41) is 3.68. The van der Waals surface area contributed by atoms with Crippen molar-refractivity contribution in [2.24, 2.45) is 0 Å². The number of nitrogens with one attached hydrogen (secondary N) is 1. The number of nitrogens with zero attached hydrogens (tertiary/aromatic N) is 3. The third-order valence-corrected chi connectivity index (χ3v) is 6.52. The highest BCUT2D eigenvalue weighted by Crippen LogP contribution is 2.24. The molecular formula is C25H32N4O2S. The fourth-order valence-corrected chi connectivity index (χ4v) is 4.67. The molecule has 32 heavy (non-hydrogen) atoms. The zero-order valence-electron chi connectivity index (χ0n) is 19.4. The summed E-state index contributed by atoms with van der Waals surface area (Å²) in [4.78, 5) is 33.2. The van der Waals surface area contributed by atoms with Gasteiger partial charge in [-0.3, -0.25) is 19.1 Å². The van der Waals surface area contributed by atoms with Gasteiger partial charge in [-0.05, 0) is 58.9 Å². The van der Waals surface area contributed by atoms with Gasteiger partial charge in [0.05, 0.1) is 16.2 Å². The maximum absolute atomic E-state index is 13.3. The molecule has 0 radical (unpaired) electrons. The number of thioether (sulfide) groups is 1. The van der Waals surface area contributed by atoms with Crippen LogP contribution in [-0.4, -0.2) is 44.2 Å². The first-order chi connectivity index (χ1) is 15.3. The van der Waals surface area contributed by atoms with Gasteiger partial charge in [0.15, 0.2) is 5.16 Å². The van der Waals surface area contributed by atoms with Crippen molar-refractivity contribution in [2.75, 3.05) is 11.9 Å². The number of hydrogen-bond acceptors (Lipinski definition) is 5. The zero-order valence-corrected chi connectivity index (χ0v) is 20.2. The predicted octanol–water partition coefficient (Wildman–Crippen LogP) is 4.63. The van der Waals surface area contributed by atoms with Crippen LogP contribution in [0.5, 0.6) is 0 Å². The SMILES string of the molecule is CC(C)N(CCn1c(S[C@H](C)C(=O)Nc2ccccc2)nc2ccccc2c1=O)C(C)C. The minimum absolute atomic E-state index is 0.0683. The summed E-state index contributed by atoms with van der Waals surface area (Å²) in [7, 11) is 0. The van der Waals surface area contributed by atoms with Gasteiger partial charge >= 0.3 is 0 Å². The summed E-state index contributed by atoms with van der Waals surface area (Å²) >= 11 is 1.32. The van der Waals surface area contributed by atoms with Crippen molar-refractivity contribution in [2.45, 2.75) is 63.7 Å². The average Bonchev–Trinajstić information content (AvgIpc) is 2.76. The molecule has 170 valence electrons. The van der Waals surface area contributed by atoms with Gasteiger partial charge in [0.2, 0.25) is 5.91 Å². The summed E-state index contributed by atoms with van der Waals surface area (Å²) in [6.45, 7) is 11.7. The summed E-state index contributed by atoms with van der Waals surface area (Å²) in [6.07, 6.45) is 0. The lowest BCUT2D eigenvalue weighted by Crippen LogP contribution is -2.40. The van der Waals surface area contributed by atoms with E-state index in [1.165, 1.54) is 11.8 Å². The number of benzene rings is 2. The Balaban J connectivity index is 1.89. The first-order valence-corrected chi connectivity index (χ1v) is 11.9. The van der Waals surface area contributed by atoms with Crippen LogP contribution in [0.1, 0.15) is 34.6 Å². The van der Waals surface area contributed by atoms with E-state index in [9.17, 15) is 9.59 Å². The Morgan fingerprint density at radius 3 is 2.28 bits per heavy atom. The highest BCUT2D eigenvalue weighted by atomic mass is 32.2. The van der Waals surface area contributed by atoms with Crippen LogP contribution in [0.3, 0.4) is 0 Å². The molecule has 7 heteroatoms. The Morgan fingerprint density at radius 2 is 1.62 bits per heavy atom. The quantitative estimate of drug-likeness (QED) is 0.379. The van der Waals surface area contributed by atoms with Crippen molar-refractivity contribution in [3.8, 4) is 0 Å². The van der Waals surface area contributed by atoms with E-state index in [1.807, 2.05) is 61.5 Å². The smallest absolute Gasteiger partial charge is 0.262 e. The van der Waals surface area contributed by atoms with E-state index in [0.29, 0.717) is 34.7 Å². The second-order valence-electron chi connectivity index (χ2n) is 8.41. The lowest BCUT2D eigenvalue weighted by Gasteiger charge is -2.31. The minimum atomic E-state index is -0.416. The van der Waals surface area contributed by atoms with E-state index in [2.05, 4.69) is 37.9 Å². The Bertz CT molecular complexity index is 1100. The van der Waals surface area contributed by atoms with E-state index in [1.54, 1.807) is 4.57 Å². The molecule has 0 bridgehead atoms. The summed E-state index contributed by atoms with van der Waals surface area (Å²) < 4.78 is 1.72. The summed E-state index contributed by atoms with van der Waals surface area (Å²) in [5.41, 5.74) is 1.33. The lowest BCUT2D eigenvalue weighted by atomic mass is 10.2. The normalized spacial score (nSPS) is 12.6. The monoisotopic (exact) mass is 452 g/mol. The van der Waals surface area contributed by atoms with Crippen molar-refractivity contribution in [1.82, 2.24) is 14.5 Å². The minimum Gasteiger partial charge on any atom is -0.325 e. The molecule has 1 aromatic heterocycles. The van der Waals surface area contributed by atoms with Crippen LogP contribution in [0.2, 0.25) is 0 Å². The first-order valence-electron chi connectivity index (χ1n) is 11.1. The molecule has 1 amide bonds. The second-order valence-corrected chi connectivity index (χ2v) is 9.72. The number of anilines is 1. The number of aromatic nitrogens is 2. The number of amides is 1. The van der Waals surface area contributed by atoms with Crippen LogP contribution >= 0.6 is 11.8 Å². The molecule has 6 nitrogen and oxygen atoms in total. The third kappa shape index (κ3) is 5.78. The maximum atomic E-state index is 13.3. The molecule has 1 N–H and O–H groups in total. The van der Waals surface area contributed by atoms with Gasteiger partial charge in [-0.1, -0.05) is 42.1 Å². The maximum Gasteiger partial charge on any atom is 0.262 e. The van der Waals surface area contributed by atoms with Crippen LogP contribution in [0, 0.1) is 0 Å². The van der Waals surface area contributed by atoms with Crippen LogP contribution in [0.25, 0.3) is 10.9 Å². The van der Waals surface area contributed by atoms with Gasteiger partial charge in [0.1, 0.15) is 0 Å². The van der Waals surface area contributed by atoms with Gasteiger partial charge in [0.25, 0.3) is 5.56 Å². The summed E-state index contributed by atoms with van der Waals surface area (Å²) in [6, 6.07) is 17.5. The molecule has 1 atom stereocenters. The number of rotatable bonds is 9. The van der Waals surface area contributed by atoms with E-state index in [4.69, 9.17) is 4.98 Å². The molecule has 3 rings (SSSR count). The van der Waals surface area contributed by atoms with Gasteiger partial charge in [-0.2, -0.15) is 0 Å². The topological polar surface area (TPSA) is 67.2 Å². The average molecular weight is 453 g/mol. The number of hydrogen-bond donors (Lipinski definition) is 1. The molecule has 3 aromatic rings. The van der Waals surface area contributed by atoms with Gasteiger partial charge in [-0.15, -0.1) is 0 Å². The molecule has 0 aliphatic heterocycles. The Labute approximate surface area is 194 Å². The van der Waals surface area contributed by atoms with Crippen molar-refractivity contribution in [1.29, 1.82) is 0 Å². The molecule has 2 aromatic carbocycles. The van der Waals surface area contributed by atoms with Crippen molar-refractivity contribution in [3.63, 3.8) is 0 Å². The van der Waals surface area contributed by atoms with Crippen molar-refractivity contribution >= 4 is 34.3 Å². The van der Waals surface area contributed by atoms with E-state index < -0.39 is 5.25 Å². The molecule has 0 spiro atoms. The highest BCUT2D eigenvalue weighted by Gasteiger charge is 2.21. The molecule has 0 fully saturated rings. The van der Waals surface area contributed by atoms with Crippen LogP contribution < -0.4 is 10.9 Å².